The Morgan fingerprint density at radius 2 is 1.97 bits per heavy atom. The molecule has 5 N–H and O–H groups in total. The van der Waals surface area contributed by atoms with E-state index in [0.717, 1.165) is 0 Å². The average Bonchev–Trinajstić information content (AvgIpc) is 2.80. The SMILES string of the molecule is CCOc1cc(O)c(F)c(C(Nc2ccc(C(=N)N)cc2)c2cccc(N(C)C(C)=O)n2)c1. The quantitative estimate of drug-likeness (QED) is 0.305. The van der Waals surface area contributed by atoms with Gasteiger partial charge in [0.2, 0.25) is 5.91 Å². The van der Waals surface area contributed by atoms with Crippen molar-refractivity contribution >= 4 is 23.2 Å². The highest BCUT2D eigenvalue weighted by atomic mass is 19.1. The number of aromatic nitrogens is 1. The number of hydrogen-bond donors (Lipinski definition) is 4. The standard InChI is InChI=1S/C24H26FN5O3/c1-4-33-17-12-18(22(25)20(32)13-17)23(28-16-10-8-15(9-11-16)24(26)27)19-6-5-7-21(29-19)30(3)14(2)31/h5-13,23,28,32H,4H2,1-3H3,(H3,26,27). The van der Waals surface area contributed by atoms with E-state index < -0.39 is 17.6 Å². The van der Waals surface area contributed by atoms with Crippen molar-refractivity contribution in [1.82, 2.24) is 4.98 Å². The van der Waals surface area contributed by atoms with Crippen LogP contribution in [0.2, 0.25) is 0 Å². The molecule has 3 rings (SSSR count). The Morgan fingerprint density at radius 1 is 1.27 bits per heavy atom. The van der Waals surface area contributed by atoms with E-state index in [4.69, 9.17) is 15.9 Å². The molecule has 1 unspecified atom stereocenters. The summed E-state index contributed by atoms with van der Waals surface area (Å²) in [5.74, 6) is -0.937. The Labute approximate surface area is 191 Å². The molecule has 0 spiro atoms. The average molecular weight is 452 g/mol. The Balaban J connectivity index is 2.12. The molecule has 9 heteroatoms. The molecule has 0 saturated carbocycles. The van der Waals surface area contributed by atoms with Crippen molar-refractivity contribution in [2.75, 3.05) is 23.9 Å². The Bertz CT molecular complexity index is 1170. The lowest BCUT2D eigenvalue weighted by Crippen LogP contribution is -2.25. The summed E-state index contributed by atoms with van der Waals surface area (Å²) >= 11 is 0. The number of nitrogens with two attached hydrogens (primary N) is 1. The second-order valence-electron chi connectivity index (χ2n) is 7.35. The van der Waals surface area contributed by atoms with Gasteiger partial charge in [-0.3, -0.25) is 10.2 Å². The lowest BCUT2D eigenvalue weighted by atomic mass is 10.0. The third kappa shape index (κ3) is 5.38. The number of carbonyl (C=O) groups excluding carboxylic acids is 1. The molecule has 0 aliphatic carbocycles. The van der Waals surface area contributed by atoms with E-state index in [2.05, 4.69) is 10.3 Å². The number of amides is 1. The fourth-order valence-corrected chi connectivity index (χ4v) is 3.24. The summed E-state index contributed by atoms with van der Waals surface area (Å²) in [5.41, 5.74) is 7.22. The van der Waals surface area contributed by atoms with Gasteiger partial charge >= 0.3 is 0 Å². The molecule has 2 aromatic carbocycles. The first-order chi connectivity index (χ1) is 15.7. The summed E-state index contributed by atoms with van der Waals surface area (Å²) in [4.78, 5) is 17.8. The van der Waals surface area contributed by atoms with E-state index in [1.165, 1.54) is 24.0 Å². The molecule has 172 valence electrons. The van der Waals surface area contributed by atoms with Crippen LogP contribution in [0.3, 0.4) is 0 Å². The summed E-state index contributed by atoms with van der Waals surface area (Å²) in [6.07, 6.45) is 0. The fourth-order valence-electron chi connectivity index (χ4n) is 3.24. The first kappa shape index (κ1) is 23.5. The molecule has 0 bridgehead atoms. The van der Waals surface area contributed by atoms with Gasteiger partial charge in [-0.1, -0.05) is 6.07 Å². The van der Waals surface area contributed by atoms with Gasteiger partial charge in [0.25, 0.3) is 0 Å². The van der Waals surface area contributed by atoms with Crippen LogP contribution >= 0.6 is 0 Å². The number of hydrogen-bond acceptors (Lipinski definition) is 6. The maximum atomic E-state index is 15.1. The van der Waals surface area contributed by atoms with E-state index in [9.17, 15) is 9.90 Å². The molecule has 1 amide bonds. The highest BCUT2D eigenvalue weighted by molar-refractivity contribution is 5.95. The number of amidine groups is 1. The number of nitrogens with zero attached hydrogens (tertiary/aromatic N) is 2. The minimum atomic E-state index is -0.834. The van der Waals surface area contributed by atoms with Crippen LogP contribution < -0.4 is 20.7 Å². The number of ether oxygens (including phenoxy) is 1. The summed E-state index contributed by atoms with van der Waals surface area (Å²) in [7, 11) is 1.60. The first-order valence-corrected chi connectivity index (χ1v) is 10.3. The van der Waals surface area contributed by atoms with Crippen molar-refractivity contribution in [3.05, 3.63) is 77.2 Å². The number of nitrogen functional groups attached to an aromatic ring is 1. The molecule has 33 heavy (non-hydrogen) atoms. The van der Waals surface area contributed by atoms with Crippen LogP contribution in [0.15, 0.2) is 54.6 Å². The monoisotopic (exact) mass is 451 g/mol. The maximum Gasteiger partial charge on any atom is 0.224 e. The molecule has 0 fully saturated rings. The smallest absolute Gasteiger partial charge is 0.224 e. The summed E-state index contributed by atoms with van der Waals surface area (Å²) in [6.45, 7) is 3.55. The van der Waals surface area contributed by atoms with Gasteiger partial charge in [0.15, 0.2) is 11.6 Å². The minimum Gasteiger partial charge on any atom is -0.505 e. The minimum absolute atomic E-state index is 0.0693. The highest BCUT2D eigenvalue weighted by Crippen LogP contribution is 2.35. The lowest BCUT2D eigenvalue weighted by molar-refractivity contribution is -0.116. The van der Waals surface area contributed by atoms with Crippen molar-refractivity contribution in [3.8, 4) is 11.5 Å². The van der Waals surface area contributed by atoms with Crippen molar-refractivity contribution < 1.29 is 19.0 Å². The van der Waals surface area contributed by atoms with E-state index in [1.807, 2.05) is 0 Å². The number of aromatic hydroxyl groups is 1. The molecule has 1 atom stereocenters. The highest BCUT2D eigenvalue weighted by Gasteiger charge is 2.24. The van der Waals surface area contributed by atoms with Gasteiger partial charge in [0.05, 0.1) is 18.3 Å². The zero-order valence-corrected chi connectivity index (χ0v) is 18.6. The molecule has 0 saturated heterocycles. The van der Waals surface area contributed by atoms with Gasteiger partial charge in [-0.05, 0) is 49.4 Å². The largest absolute Gasteiger partial charge is 0.505 e. The van der Waals surface area contributed by atoms with E-state index >= 15 is 4.39 Å². The number of pyridine rings is 1. The van der Waals surface area contributed by atoms with Crippen molar-refractivity contribution in [1.29, 1.82) is 5.41 Å². The number of phenolic OH excluding ortho intramolecular Hbond substituents is 1. The lowest BCUT2D eigenvalue weighted by Gasteiger charge is -2.23. The topological polar surface area (TPSA) is 125 Å². The number of halogens is 1. The Hall–Kier alpha value is -4.14. The predicted octanol–water partition coefficient (Wildman–Crippen LogP) is 3.79. The molecule has 1 heterocycles. The van der Waals surface area contributed by atoms with Crippen molar-refractivity contribution in [2.45, 2.75) is 19.9 Å². The molecule has 0 aliphatic rings. The Morgan fingerprint density at radius 3 is 2.58 bits per heavy atom. The maximum absolute atomic E-state index is 15.1. The van der Waals surface area contributed by atoms with Gasteiger partial charge in [-0.2, -0.15) is 0 Å². The number of nitrogens with one attached hydrogen (secondary N) is 2. The third-order valence-corrected chi connectivity index (χ3v) is 5.05. The normalized spacial score (nSPS) is 11.5. The fraction of sp³-hybridized carbons (Fsp3) is 0.208. The number of benzene rings is 2. The van der Waals surface area contributed by atoms with Crippen molar-refractivity contribution in [2.24, 2.45) is 5.73 Å². The third-order valence-electron chi connectivity index (χ3n) is 5.05. The van der Waals surface area contributed by atoms with Gasteiger partial charge in [-0.25, -0.2) is 9.37 Å². The van der Waals surface area contributed by atoms with E-state index in [-0.39, 0.29) is 17.3 Å². The van der Waals surface area contributed by atoms with Gasteiger partial charge < -0.3 is 25.8 Å². The van der Waals surface area contributed by atoms with Crippen LogP contribution in [0.1, 0.15) is 36.7 Å². The van der Waals surface area contributed by atoms with Crippen LogP contribution in [-0.4, -0.2) is 35.5 Å². The molecule has 0 aliphatic heterocycles. The van der Waals surface area contributed by atoms with Gasteiger partial charge in [0.1, 0.15) is 17.4 Å². The van der Waals surface area contributed by atoms with E-state index in [1.54, 1.807) is 56.4 Å². The summed E-state index contributed by atoms with van der Waals surface area (Å²) in [6, 6.07) is 13.7. The molecule has 0 radical (unpaired) electrons. The molecule has 3 aromatic rings. The number of rotatable bonds is 8. The second kappa shape index (κ2) is 9.99. The zero-order valence-electron chi connectivity index (χ0n) is 18.6. The predicted molar refractivity (Wildman–Crippen MR) is 125 cm³/mol. The number of carbonyl (C=O) groups is 1. The van der Waals surface area contributed by atoms with Crippen LogP contribution in [0.25, 0.3) is 0 Å². The number of phenols is 1. The van der Waals surface area contributed by atoms with Crippen LogP contribution in [0, 0.1) is 11.2 Å². The molecule has 1 aromatic heterocycles. The van der Waals surface area contributed by atoms with Crippen molar-refractivity contribution in [3.63, 3.8) is 0 Å². The Kier molecular flexibility index (Phi) is 7.12. The molecular formula is C24H26FN5O3. The second-order valence-corrected chi connectivity index (χ2v) is 7.35. The summed E-state index contributed by atoms with van der Waals surface area (Å²) < 4.78 is 20.6. The molecule has 8 nitrogen and oxygen atoms in total. The van der Waals surface area contributed by atoms with E-state index in [0.29, 0.717) is 35.1 Å². The number of anilines is 2. The van der Waals surface area contributed by atoms with Gasteiger partial charge in [-0.15, -0.1) is 0 Å². The van der Waals surface area contributed by atoms with Crippen LogP contribution in [0.5, 0.6) is 11.5 Å². The van der Waals surface area contributed by atoms with Gasteiger partial charge in [0, 0.05) is 36.9 Å². The first-order valence-electron chi connectivity index (χ1n) is 10.3. The summed E-state index contributed by atoms with van der Waals surface area (Å²) in [5, 5.41) is 21.0. The molecular weight excluding hydrogens is 425 g/mol. The van der Waals surface area contributed by atoms with Crippen LogP contribution in [0.4, 0.5) is 15.9 Å². The zero-order chi connectivity index (χ0) is 24.1. The van der Waals surface area contributed by atoms with Crippen LogP contribution in [-0.2, 0) is 4.79 Å².